The lowest BCUT2D eigenvalue weighted by Crippen LogP contribution is -2.33. The van der Waals surface area contributed by atoms with E-state index in [4.69, 9.17) is 0 Å². The second kappa shape index (κ2) is 8.90. The maximum absolute atomic E-state index is 12.9. The first kappa shape index (κ1) is 22.1. The number of hydrogen-bond acceptors (Lipinski definition) is 7. The van der Waals surface area contributed by atoms with E-state index in [0.717, 1.165) is 41.4 Å². The summed E-state index contributed by atoms with van der Waals surface area (Å²) in [6, 6.07) is 5.42. The van der Waals surface area contributed by atoms with Gasteiger partial charge >= 0.3 is 0 Å². The zero-order valence-electron chi connectivity index (χ0n) is 18.9. The van der Waals surface area contributed by atoms with E-state index in [1.165, 1.54) is 19.3 Å². The summed E-state index contributed by atoms with van der Waals surface area (Å²) in [4.78, 5) is 25.5. The van der Waals surface area contributed by atoms with Crippen LogP contribution in [0.2, 0.25) is 0 Å². The van der Waals surface area contributed by atoms with Crippen molar-refractivity contribution in [3.05, 3.63) is 35.0 Å². The van der Waals surface area contributed by atoms with E-state index in [-0.39, 0.29) is 17.3 Å². The number of carbonyl (C=O) groups is 1. The molecule has 0 saturated carbocycles. The summed E-state index contributed by atoms with van der Waals surface area (Å²) in [5.41, 5.74) is 3.69. The third kappa shape index (κ3) is 4.54. The number of anilines is 3. The number of sulfonamides is 1. The normalized spacial score (nSPS) is 17.9. The predicted octanol–water partition coefficient (Wildman–Crippen LogP) is 2.00. The fourth-order valence-corrected chi connectivity index (χ4v) is 6.07. The van der Waals surface area contributed by atoms with Gasteiger partial charge in [0.25, 0.3) is 0 Å². The van der Waals surface area contributed by atoms with Gasteiger partial charge in [-0.25, -0.2) is 18.1 Å². The van der Waals surface area contributed by atoms with Gasteiger partial charge in [0.05, 0.1) is 10.6 Å². The van der Waals surface area contributed by atoms with E-state index in [1.807, 2.05) is 13.0 Å². The molecule has 10 heteroatoms. The molecule has 0 radical (unpaired) electrons. The van der Waals surface area contributed by atoms with Gasteiger partial charge in [0.15, 0.2) is 0 Å². The number of hydrogen-bond donors (Lipinski definition) is 2. The maximum Gasteiger partial charge on any atom is 0.240 e. The number of benzene rings is 1. The molecule has 176 valence electrons. The van der Waals surface area contributed by atoms with Crippen molar-refractivity contribution >= 4 is 33.4 Å². The van der Waals surface area contributed by atoms with Gasteiger partial charge in [-0.15, -0.1) is 0 Å². The Morgan fingerprint density at radius 2 is 1.70 bits per heavy atom. The quantitative estimate of drug-likeness (QED) is 0.596. The molecule has 1 aromatic heterocycles. The van der Waals surface area contributed by atoms with Gasteiger partial charge in [0.2, 0.25) is 21.9 Å². The number of nitrogens with zero attached hydrogens (tertiary/aromatic N) is 4. The van der Waals surface area contributed by atoms with Gasteiger partial charge in [-0.3, -0.25) is 4.79 Å². The van der Waals surface area contributed by atoms with E-state index in [9.17, 15) is 13.2 Å². The lowest BCUT2D eigenvalue weighted by molar-refractivity contribution is -0.118. The van der Waals surface area contributed by atoms with E-state index in [0.29, 0.717) is 38.3 Å². The molecule has 5 rings (SSSR count). The van der Waals surface area contributed by atoms with Crippen LogP contribution >= 0.6 is 0 Å². The summed E-state index contributed by atoms with van der Waals surface area (Å²) in [5, 5.41) is 3.15. The zero-order chi connectivity index (χ0) is 23.0. The Labute approximate surface area is 194 Å². The van der Waals surface area contributed by atoms with Crippen LogP contribution in [0.5, 0.6) is 0 Å². The molecule has 3 aliphatic rings. The van der Waals surface area contributed by atoms with Crippen molar-refractivity contribution in [3.8, 4) is 0 Å². The summed E-state index contributed by atoms with van der Waals surface area (Å²) in [7, 11) is -3.65. The highest BCUT2D eigenvalue weighted by atomic mass is 32.2. The number of aryl methyl sites for hydroxylation is 2. The van der Waals surface area contributed by atoms with E-state index in [2.05, 4.69) is 24.9 Å². The molecule has 2 aromatic rings. The Bertz CT molecular complexity index is 1180. The Kier molecular flexibility index (Phi) is 5.96. The highest BCUT2D eigenvalue weighted by Gasteiger charge is 2.32. The van der Waals surface area contributed by atoms with E-state index < -0.39 is 10.0 Å². The standard InChI is InChI=1S/C23H30N6O3S/c1-16-13-20(28-10-3-2-4-11-28)27-23(26-16)24-8-9-25-33(31,32)19-14-17-5-6-21(30)29-12-7-18(15-19)22(17)29/h13-15,25H,2-12H2,1H3,(H,24,26,27). The Balaban J connectivity index is 1.22. The molecule has 4 heterocycles. The SMILES string of the molecule is Cc1cc(N2CCCCC2)nc(NCCNS(=O)(=O)c2cc3c4c(c2)CCN4C(=O)CC3)n1. The van der Waals surface area contributed by atoms with Crippen LogP contribution in [0.25, 0.3) is 0 Å². The maximum atomic E-state index is 12.9. The summed E-state index contributed by atoms with van der Waals surface area (Å²) >= 11 is 0. The van der Waals surface area contributed by atoms with E-state index in [1.54, 1.807) is 17.0 Å². The van der Waals surface area contributed by atoms with Gasteiger partial charge in [0, 0.05) is 50.9 Å². The van der Waals surface area contributed by atoms with Gasteiger partial charge in [-0.1, -0.05) is 0 Å². The number of piperidine rings is 1. The minimum absolute atomic E-state index is 0.128. The molecule has 0 bridgehead atoms. The highest BCUT2D eigenvalue weighted by Crippen LogP contribution is 2.38. The molecule has 1 aromatic carbocycles. The van der Waals surface area contributed by atoms with Crippen LogP contribution in [0.4, 0.5) is 17.5 Å². The smallest absolute Gasteiger partial charge is 0.240 e. The first-order chi connectivity index (χ1) is 15.9. The molecule has 0 spiro atoms. The Hall–Kier alpha value is -2.72. The predicted molar refractivity (Wildman–Crippen MR) is 127 cm³/mol. The van der Waals surface area contributed by atoms with Gasteiger partial charge in [-0.2, -0.15) is 4.98 Å². The molecule has 33 heavy (non-hydrogen) atoms. The van der Waals surface area contributed by atoms with Crippen LogP contribution in [-0.4, -0.2) is 57.0 Å². The largest absolute Gasteiger partial charge is 0.356 e. The summed E-state index contributed by atoms with van der Waals surface area (Å²) < 4.78 is 28.5. The van der Waals surface area contributed by atoms with Gasteiger partial charge in [0.1, 0.15) is 5.82 Å². The average molecular weight is 471 g/mol. The van der Waals surface area contributed by atoms with E-state index >= 15 is 0 Å². The number of rotatable bonds is 7. The number of aromatic nitrogens is 2. The van der Waals surface area contributed by atoms with Gasteiger partial charge in [-0.05, 0) is 62.3 Å². The molecule has 0 unspecified atom stereocenters. The number of carbonyl (C=O) groups excluding carboxylic acids is 1. The number of amides is 1. The highest BCUT2D eigenvalue weighted by molar-refractivity contribution is 7.89. The molecule has 1 saturated heterocycles. The summed E-state index contributed by atoms with van der Waals surface area (Å²) in [6.07, 6.45) is 5.32. The van der Waals surface area contributed by atoms with Crippen molar-refractivity contribution in [1.82, 2.24) is 14.7 Å². The first-order valence-corrected chi connectivity index (χ1v) is 13.2. The first-order valence-electron chi connectivity index (χ1n) is 11.7. The molecule has 0 aliphatic carbocycles. The minimum Gasteiger partial charge on any atom is -0.356 e. The Morgan fingerprint density at radius 3 is 2.48 bits per heavy atom. The molecular formula is C23H30N6O3S. The molecule has 1 fully saturated rings. The third-order valence-corrected chi connectivity index (χ3v) is 8.00. The topological polar surface area (TPSA) is 108 Å². The van der Waals surface area contributed by atoms with Crippen molar-refractivity contribution in [2.45, 2.75) is 50.3 Å². The van der Waals surface area contributed by atoms with Crippen molar-refractivity contribution in [2.24, 2.45) is 0 Å². The zero-order valence-corrected chi connectivity index (χ0v) is 19.7. The van der Waals surface area contributed by atoms with Crippen LogP contribution in [0.3, 0.4) is 0 Å². The van der Waals surface area contributed by atoms with Gasteiger partial charge < -0.3 is 15.1 Å². The van der Waals surface area contributed by atoms with Crippen molar-refractivity contribution in [2.75, 3.05) is 47.8 Å². The molecule has 9 nitrogen and oxygen atoms in total. The van der Waals surface area contributed by atoms with Crippen LogP contribution in [0.1, 0.15) is 42.5 Å². The van der Waals surface area contributed by atoms with Crippen LogP contribution in [0, 0.1) is 6.92 Å². The van der Waals surface area contributed by atoms with Crippen molar-refractivity contribution in [1.29, 1.82) is 0 Å². The Morgan fingerprint density at radius 1 is 0.939 bits per heavy atom. The lowest BCUT2D eigenvalue weighted by Gasteiger charge is -2.28. The molecule has 0 atom stereocenters. The average Bonchev–Trinajstić information content (AvgIpc) is 3.25. The van der Waals surface area contributed by atoms with Crippen molar-refractivity contribution < 1.29 is 13.2 Å². The van der Waals surface area contributed by atoms with Crippen LogP contribution in [0.15, 0.2) is 23.1 Å². The second-order valence-corrected chi connectivity index (χ2v) is 10.7. The van der Waals surface area contributed by atoms with Crippen LogP contribution in [-0.2, 0) is 27.7 Å². The molecule has 3 aliphatic heterocycles. The lowest BCUT2D eigenvalue weighted by atomic mass is 10.00. The van der Waals surface area contributed by atoms with Crippen LogP contribution < -0.4 is 19.8 Å². The molecular weight excluding hydrogens is 440 g/mol. The fraction of sp³-hybridized carbons (Fsp3) is 0.522. The fourth-order valence-electron chi connectivity index (χ4n) is 4.94. The monoisotopic (exact) mass is 470 g/mol. The minimum atomic E-state index is -3.65. The van der Waals surface area contributed by atoms with Crippen molar-refractivity contribution in [3.63, 3.8) is 0 Å². The third-order valence-electron chi connectivity index (χ3n) is 6.56. The second-order valence-electron chi connectivity index (χ2n) is 8.95. The number of nitrogens with one attached hydrogen (secondary N) is 2. The summed E-state index contributed by atoms with van der Waals surface area (Å²) in [6.45, 7) is 5.18. The summed E-state index contributed by atoms with van der Waals surface area (Å²) in [5.74, 6) is 1.56. The molecule has 2 N–H and O–H groups in total. The molecule has 1 amide bonds.